The molecular weight excluding hydrogens is 556 g/mol. The van der Waals surface area contributed by atoms with Crippen LogP contribution in [-0.2, 0) is 9.53 Å². The summed E-state index contributed by atoms with van der Waals surface area (Å²) in [6, 6.07) is 0. The van der Waals surface area contributed by atoms with Gasteiger partial charge in [-0.2, -0.15) is 0 Å². The van der Waals surface area contributed by atoms with Gasteiger partial charge in [-0.05, 0) is 142 Å². The predicted molar refractivity (Wildman–Crippen MR) is 178 cm³/mol. The lowest BCUT2D eigenvalue weighted by atomic mass is 9.36. The summed E-state index contributed by atoms with van der Waals surface area (Å²) in [4.78, 5) is 13.1. The van der Waals surface area contributed by atoms with Gasteiger partial charge in [0.2, 0.25) is 0 Å². The van der Waals surface area contributed by atoms with Crippen molar-refractivity contribution in [2.24, 2.45) is 45.8 Å². The number of unbranched alkanes of at least 4 members (excludes halogenated alkanes) is 1. The number of aliphatic carboxylic acids is 1. The average molecular weight is 615 g/mol. The Balaban J connectivity index is 1.76. The molecule has 5 heteroatoms. The van der Waals surface area contributed by atoms with Gasteiger partial charge in [0.25, 0.3) is 0 Å². The van der Waals surface area contributed by atoms with E-state index in [1.807, 2.05) is 6.92 Å². The molecule has 0 heterocycles. The van der Waals surface area contributed by atoms with Crippen molar-refractivity contribution in [1.29, 1.82) is 0 Å². The highest BCUT2D eigenvalue weighted by Gasteiger charge is 2.70. The fourth-order valence-corrected chi connectivity index (χ4v) is 10.9. The van der Waals surface area contributed by atoms with Gasteiger partial charge in [-0.1, -0.05) is 58.9 Å². The number of carbonyl (C=O) groups is 1. The molecule has 0 aromatic rings. The highest BCUT2D eigenvalue weighted by Crippen LogP contribution is 2.74. The second-order valence-electron chi connectivity index (χ2n) is 15.7. The van der Waals surface area contributed by atoms with Crippen LogP contribution in [0.2, 0.25) is 0 Å². The molecule has 10 atom stereocenters. The van der Waals surface area contributed by atoms with Gasteiger partial charge in [-0.25, -0.2) is 4.79 Å². The summed E-state index contributed by atoms with van der Waals surface area (Å²) < 4.78 is 6.45. The lowest BCUT2D eigenvalue weighted by Gasteiger charge is -2.69. The van der Waals surface area contributed by atoms with E-state index >= 15 is 0 Å². The molecule has 0 aliphatic heterocycles. The molecule has 43 heavy (non-hydrogen) atoms. The number of alkyl halides is 1. The number of carboxylic acid groups (broad SMARTS) is 1. The zero-order chi connectivity index (χ0) is 31.9. The van der Waals surface area contributed by atoms with Gasteiger partial charge in [0.15, 0.2) is 0 Å². The topological polar surface area (TPSA) is 66.8 Å². The number of halogens is 1. The third-order valence-electron chi connectivity index (χ3n) is 13.2. The average Bonchev–Trinajstić information content (AvgIpc) is 3.18. The molecule has 1 unspecified atom stereocenters. The molecule has 0 bridgehead atoms. The van der Waals surface area contributed by atoms with E-state index in [0.717, 1.165) is 37.2 Å². The maximum atomic E-state index is 13.1. The molecule has 4 aliphatic carbocycles. The number of allylic oxidation sites excluding steroid dienone is 5. The van der Waals surface area contributed by atoms with E-state index in [9.17, 15) is 15.0 Å². The third-order valence-corrected chi connectivity index (χ3v) is 13.5. The van der Waals surface area contributed by atoms with Gasteiger partial charge in [-0.3, -0.25) is 0 Å². The van der Waals surface area contributed by atoms with E-state index < -0.39 is 12.1 Å². The van der Waals surface area contributed by atoms with E-state index in [2.05, 4.69) is 67.2 Å². The largest absolute Gasteiger partial charge is 0.491 e. The Kier molecular flexibility index (Phi) is 10.4. The first-order chi connectivity index (χ1) is 20.1. The van der Waals surface area contributed by atoms with E-state index in [-0.39, 0.29) is 34.2 Å². The van der Waals surface area contributed by atoms with Gasteiger partial charge < -0.3 is 14.9 Å². The van der Waals surface area contributed by atoms with Crippen LogP contribution in [0.15, 0.2) is 46.8 Å². The first-order valence-electron chi connectivity index (χ1n) is 17.0. The van der Waals surface area contributed by atoms with Gasteiger partial charge in [0.05, 0.1) is 11.9 Å². The van der Waals surface area contributed by atoms with Crippen molar-refractivity contribution in [3.8, 4) is 0 Å². The van der Waals surface area contributed by atoms with Gasteiger partial charge in [0, 0.05) is 11.5 Å². The summed E-state index contributed by atoms with van der Waals surface area (Å²) in [5, 5.41) is 22.9. The Hall–Kier alpha value is -1.52. The molecule has 0 amide bonds. The van der Waals surface area contributed by atoms with Crippen molar-refractivity contribution in [3.63, 3.8) is 0 Å². The molecule has 4 nitrogen and oxygen atoms in total. The molecule has 0 radical (unpaired) electrons. The standard InChI is InChI=1S/C38H59ClO4/c1-23(2)27(13-11-10-12-20-39)14-15-28(35(41)42)33-30-21-31(40)34-36(7)18-16-25(5)26(6)29(36)17-19-37(34,8)38(30,9)22-32(33)43-24(3)4/h11,13,25-26,29-32,34,40H,3,10,12,14-22H2,1-2,4-9H3,(H,41,42)/b13-11+,33-28+/t25-,26+,29+,30+,31-,32?,34+,36+,37+,38+/m1/s1. The molecule has 4 fully saturated rings. The minimum absolute atomic E-state index is 0.0336. The van der Waals surface area contributed by atoms with Crippen molar-refractivity contribution >= 4 is 17.6 Å². The Morgan fingerprint density at radius 1 is 1.09 bits per heavy atom. The van der Waals surface area contributed by atoms with Gasteiger partial charge in [0.1, 0.15) is 6.10 Å². The minimum atomic E-state index is -0.860. The van der Waals surface area contributed by atoms with E-state index in [4.69, 9.17) is 16.3 Å². The first-order valence-corrected chi connectivity index (χ1v) is 17.5. The van der Waals surface area contributed by atoms with Crippen LogP contribution >= 0.6 is 11.6 Å². The summed E-state index contributed by atoms with van der Waals surface area (Å²) in [5.74, 6) is 2.56. The smallest absolute Gasteiger partial charge is 0.331 e. The lowest BCUT2D eigenvalue weighted by Crippen LogP contribution is -2.65. The maximum Gasteiger partial charge on any atom is 0.331 e. The quantitative estimate of drug-likeness (QED) is 0.0845. The Morgan fingerprint density at radius 3 is 2.40 bits per heavy atom. The molecule has 0 saturated heterocycles. The summed E-state index contributed by atoms with van der Waals surface area (Å²) in [6.07, 6.45) is 12.5. The van der Waals surface area contributed by atoms with Gasteiger partial charge >= 0.3 is 5.97 Å². The Morgan fingerprint density at radius 2 is 1.79 bits per heavy atom. The number of aliphatic hydroxyl groups excluding tert-OH is 1. The van der Waals surface area contributed by atoms with Crippen LogP contribution in [0.1, 0.15) is 120 Å². The molecule has 2 N–H and O–H groups in total. The fraction of sp³-hybridized carbons (Fsp3) is 0.763. The molecule has 0 aromatic carbocycles. The van der Waals surface area contributed by atoms with E-state index in [0.29, 0.717) is 48.3 Å². The molecule has 0 aromatic heterocycles. The second kappa shape index (κ2) is 13.1. The normalized spacial score (nSPS) is 41.7. The SMILES string of the molecule is C=C(C)OC1C[C@@]2(C)[C@@H](C[C@@H](O)[C@H]3[C@@]4(C)CC[C@@H](C)[C@H](C)[C@@H]4CC[C@@]32C)/C1=C(/CCC(/C=C/CCCCl)=C(C)C)C(=O)O. The lowest BCUT2D eigenvalue weighted by molar-refractivity contribution is -0.229. The number of aliphatic hydroxyl groups is 1. The van der Waals surface area contributed by atoms with Crippen molar-refractivity contribution in [1.82, 2.24) is 0 Å². The highest BCUT2D eigenvalue weighted by atomic mass is 35.5. The zero-order valence-electron chi connectivity index (χ0n) is 28.3. The minimum Gasteiger partial charge on any atom is -0.491 e. The number of carboxylic acids is 1. The molecular formula is C38H59ClO4. The number of rotatable bonds is 10. The fourth-order valence-electron chi connectivity index (χ4n) is 10.7. The molecule has 0 spiro atoms. The monoisotopic (exact) mass is 614 g/mol. The summed E-state index contributed by atoms with van der Waals surface area (Å²) in [6.45, 7) is 22.3. The van der Waals surface area contributed by atoms with Crippen molar-refractivity contribution in [2.75, 3.05) is 5.88 Å². The van der Waals surface area contributed by atoms with Crippen LogP contribution in [0.25, 0.3) is 0 Å². The van der Waals surface area contributed by atoms with Crippen molar-refractivity contribution in [3.05, 3.63) is 46.8 Å². The number of hydrogen-bond acceptors (Lipinski definition) is 3. The molecule has 242 valence electrons. The number of hydrogen-bond donors (Lipinski definition) is 2. The van der Waals surface area contributed by atoms with Crippen LogP contribution < -0.4 is 0 Å². The summed E-state index contributed by atoms with van der Waals surface area (Å²) >= 11 is 5.87. The third kappa shape index (κ3) is 6.06. The van der Waals surface area contributed by atoms with Crippen LogP contribution in [0.4, 0.5) is 0 Å². The second-order valence-corrected chi connectivity index (χ2v) is 16.1. The number of ether oxygens (including phenoxy) is 1. The molecule has 4 aliphatic rings. The summed E-state index contributed by atoms with van der Waals surface area (Å²) in [7, 11) is 0. The summed E-state index contributed by atoms with van der Waals surface area (Å²) in [5.41, 5.74) is 3.57. The van der Waals surface area contributed by atoms with Crippen LogP contribution in [0, 0.1) is 45.8 Å². The van der Waals surface area contributed by atoms with Crippen LogP contribution in [0.3, 0.4) is 0 Å². The molecule has 4 rings (SSSR count). The number of fused-ring (bicyclic) bond motifs is 5. The Labute approximate surface area is 267 Å². The molecule has 4 saturated carbocycles. The van der Waals surface area contributed by atoms with Crippen molar-refractivity contribution < 1.29 is 19.7 Å². The van der Waals surface area contributed by atoms with Crippen molar-refractivity contribution in [2.45, 2.75) is 132 Å². The van der Waals surface area contributed by atoms with Gasteiger partial charge in [-0.15, -0.1) is 11.6 Å². The van der Waals surface area contributed by atoms with Crippen LogP contribution in [0.5, 0.6) is 0 Å². The first kappa shape index (κ1) is 34.4. The maximum absolute atomic E-state index is 13.1. The highest BCUT2D eigenvalue weighted by molar-refractivity contribution is 6.17. The Bertz CT molecular complexity index is 1160. The predicted octanol–water partition coefficient (Wildman–Crippen LogP) is 9.87. The van der Waals surface area contributed by atoms with E-state index in [1.54, 1.807) is 0 Å². The zero-order valence-corrected chi connectivity index (χ0v) is 29.0. The van der Waals surface area contributed by atoms with E-state index in [1.165, 1.54) is 30.4 Å². The van der Waals surface area contributed by atoms with Crippen LogP contribution in [-0.4, -0.2) is 34.3 Å².